The van der Waals surface area contributed by atoms with Gasteiger partial charge in [0, 0.05) is 10.9 Å². The lowest BCUT2D eigenvalue weighted by Gasteiger charge is -2.02. The number of hydrogen-bond donors (Lipinski definition) is 3. The van der Waals surface area contributed by atoms with Crippen molar-refractivity contribution < 1.29 is 9.90 Å². The number of anilines is 1. The summed E-state index contributed by atoms with van der Waals surface area (Å²) >= 11 is 1.31. The maximum absolute atomic E-state index is 10.9. The van der Waals surface area contributed by atoms with E-state index in [1.807, 2.05) is 0 Å². The van der Waals surface area contributed by atoms with Gasteiger partial charge in [-0.2, -0.15) is 0 Å². The number of carbonyl (C=O) groups excluding carboxylic acids is 1. The van der Waals surface area contributed by atoms with Crippen LogP contribution in [0, 0.1) is 0 Å². The van der Waals surface area contributed by atoms with Gasteiger partial charge in [0.15, 0.2) is 5.13 Å². The molecule has 0 bridgehead atoms. The highest BCUT2D eigenvalue weighted by Gasteiger charge is 2.10. The molecule has 0 aliphatic rings. The molecule has 1 aromatic heterocycles. The third-order valence-electron chi connectivity index (χ3n) is 2.08. The second-order valence-corrected chi connectivity index (χ2v) is 4.06. The molecule has 16 heavy (non-hydrogen) atoms. The van der Waals surface area contributed by atoms with Crippen molar-refractivity contribution in [2.75, 3.05) is 5.73 Å². The molecule has 0 radical (unpaired) electrons. The largest absolute Gasteiger partial charge is 0.507 e. The van der Waals surface area contributed by atoms with Crippen molar-refractivity contribution in [2.24, 2.45) is 5.73 Å². The third-order valence-corrected chi connectivity index (χ3v) is 2.75. The highest BCUT2D eigenvalue weighted by Crippen LogP contribution is 2.27. The summed E-state index contributed by atoms with van der Waals surface area (Å²) in [6.07, 6.45) is 0. The van der Waals surface area contributed by atoms with Gasteiger partial charge in [-0.3, -0.25) is 4.79 Å². The van der Waals surface area contributed by atoms with E-state index in [1.165, 1.54) is 23.5 Å². The first-order chi connectivity index (χ1) is 7.58. The first-order valence-corrected chi connectivity index (χ1v) is 5.30. The number of primary amides is 1. The molecule has 0 atom stereocenters. The van der Waals surface area contributed by atoms with Crippen molar-refractivity contribution in [3.05, 3.63) is 29.1 Å². The molecule has 0 aliphatic carbocycles. The Hall–Kier alpha value is -2.08. The van der Waals surface area contributed by atoms with Gasteiger partial charge < -0.3 is 16.6 Å². The predicted octanol–water partition coefficient (Wildman–Crippen LogP) is 1.20. The van der Waals surface area contributed by atoms with E-state index < -0.39 is 5.91 Å². The van der Waals surface area contributed by atoms with Crippen LogP contribution in [0.1, 0.15) is 10.4 Å². The first kappa shape index (κ1) is 10.4. The number of benzene rings is 1. The van der Waals surface area contributed by atoms with Crippen LogP contribution in [-0.2, 0) is 0 Å². The number of phenols is 1. The summed E-state index contributed by atoms with van der Waals surface area (Å²) in [6.45, 7) is 0. The minimum atomic E-state index is -0.665. The number of hydrogen-bond acceptors (Lipinski definition) is 5. The summed E-state index contributed by atoms with van der Waals surface area (Å²) in [5.74, 6) is -0.821. The molecule has 0 fully saturated rings. The standard InChI is InChI=1S/C10H9N3O2S/c11-9(15)6-2-1-5(3-8(6)14)7-4-16-10(12)13-7/h1-4,14H,(H2,11,15)(H2,12,13). The van der Waals surface area contributed by atoms with Crippen LogP contribution in [0.4, 0.5) is 5.13 Å². The normalized spacial score (nSPS) is 10.2. The lowest BCUT2D eigenvalue weighted by atomic mass is 10.1. The summed E-state index contributed by atoms with van der Waals surface area (Å²) < 4.78 is 0. The molecular weight excluding hydrogens is 226 g/mol. The fraction of sp³-hybridized carbons (Fsp3) is 0. The first-order valence-electron chi connectivity index (χ1n) is 4.42. The summed E-state index contributed by atoms with van der Waals surface area (Å²) in [5.41, 5.74) is 12.0. The smallest absolute Gasteiger partial charge is 0.252 e. The number of nitrogen functional groups attached to an aromatic ring is 1. The summed E-state index contributed by atoms with van der Waals surface area (Å²) in [4.78, 5) is 15.0. The molecule has 0 saturated heterocycles. The minimum absolute atomic E-state index is 0.0898. The van der Waals surface area contributed by atoms with E-state index in [2.05, 4.69) is 4.98 Å². The zero-order valence-corrected chi connectivity index (χ0v) is 8.99. The molecule has 1 amide bonds. The number of amides is 1. The Kier molecular flexibility index (Phi) is 2.49. The molecule has 82 valence electrons. The lowest BCUT2D eigenvalue weighted by molar-refractivity contribution is 0.0998. The number of aromatic hydroxyl groups is 1. The Morgan fingerprint density at radius 3 is 2.69 bits per heavy atom. The van der Waals surface area contributed by atoms with E-state index in [4.69, 9.17) is 11.5 Å². The summed E-state index contributed by atoms with van der Waals surface area (Å²) in [7, 11) is 0. The molecule has 1 aromatic carbocycles. The molecule has 0 spiro atoms. The van der Waals surface area contributed by atoms with Crippen LogP contribution < -0.4 is 11.5 Å². The van der Waals surface area contributed by atoms with Crippen LogP contribution in [0.3, 0.4) is 0 Å². The Labute approximate surface area is 95.3 Å². The molecule has 0 aliphatic heterocycles. The van der Waals surface area contributed by atoms with Gasteiger partial charge in [0.2, 0.25) is 0 Å². The molecule has 2 aromatic rings. The van der Waals surface area contributed by atoms with Crippen LogP contribution >= 0.6 is 11.3 Å². The van der Waals surface area contributed by atoms with E-state index >= 15 is 0 Å². The molecule has 1 heterocycles. The molecular formula is C10H9N3O2S. The van der Waals surface area contributed by atoms with Crippen LogP contribution in [0.5, 0.6) is 5.75 Å². The molecule has 0 saturated carbocycles. The third kappa shape index (κ3) is 1.82. The monoisotopic (exact) mass is 235 g/mol. The number of nitrogens with zero attached hydrogens (tertiary/aromatic N) is 1. The van der Waals surface area contributed by atoms with E-state index in [0.29, 0.717) is 16.4 Å². The number of rotatable bonds is 2. The summed E-state index contributed by atoms with van der Waals surface area (Å²) in [5, 5.41) is 11.8. The predicted molar refractivity (Wildman–Crippen MR) is 62.1 cm³/mol. The van der Waals surface area contributed by atoms with Crippen LogP contribution in [-0.4, -0.2) is 16.0 Å². The van der Waals surface area contributed by atoms with E-state index in [-0.39, 0.29) is 11.3 Å². The maximum Gasteiger partial charge on any atom is 0.252 e. The second-order valence-electron chi connectivity index (χ2n) is 3.17. The van der Waals surface area contributed by atoms with Gasteiger partial charge in [-0.1, -0.05) is 6.07 Å². The van der Waals surface area contributed by atoms with Crippen molar-refractivity contribution >= 4 is 22.4 Å². The van der Waals surface area contributed by atoms with E-state index in [1.54, 1.807) is 11.4 Å². The summed E-state index contributed by atoms with van der Waals surface area (Å²) in [6, 6.07) is 4.56. The van der Waals surface area contributed by atoms with E-state index in [9.17, 15) is 9.90 Å². The van der Waals surface area contributed by atoms with Crippen molar-refractivity contribution in [1.29, 1.82) is 0 Å². The highest BCUT2D eigenvalue weighted by molar-refractivity contribution is 7.13. The SMILES string of the molecule is NC(=O)c1ccc(-c2csc(N)n2)cc1O. The van der Waals surface area contributed by atoms with Gasteiger partial charge in [0.25, 0.3) is 5.91 Å². The number of carbonyl (C=O) groups is 1. The number of aromatic nitrogens is 1. The molecule has 2 rings (SSSR count). The van der Waals surface area contributed by atoms with Crippen LogP contribution in [0.2, 0.25) is 0 Å². The lowest BCUT2D eigenvalue weighted by Crippen LogP contribution is -2.10. The number of nitrogens with two attached hydrogens (primary N) is 2. The van der Waals surface area contributed by atoms with Crippen molar-refractivity contribution in [2.45, 2.75) is 0 Å². The maximum atomic E-state index is 10.9. The van der Waals surface area contributed by atoms with E-state index in [0.717, 1.165) is 0 Å². The zero-order valence-electron chi connectivity index (χ0n) is 8.18. The Bertz CT molecular complexity index is 551. The van der Waals surface area contributed by atoms with Gasteiger partial charge in [-0.15, -0.1) is 11.3 Å². The average Bonchev–Trinajstić information content (AvgIpc) is 2.64. The van der Waals surface area contributed by atoms with Gasteiger partial charge >= 0.3 is 0 Å². The van der Waals surface area contributed by atoms with Gasteiger partial charge in [0.1, 0.15) is 5.75 Å². The van der Waals surface area contributed by atoms with Crippen LogP contribution in [0.25, 0.3) is 11.3 Å². The van der Waals surface area contributed by atoms with Crippen molar-refractivity contribution in [3.8, 4) is 17.0 Å². The molecule has 5 nitrogen and oxygen atoms in total. The fourth-order valence-electron chi connectivity index (χ4n) is 1.32. The Morgan fingerprint density at radius 2 is 2.19 bits per heavy atom. The van der Waals surface area contributed by atoms with Gasteiger partial charge in [-0.05, 0) is 12.1 Å². The quantitative estimate of drug-likeness (QED) is 0.727. The van der Waals surface area contributed by atoms with Crippen LogP contribution in [0.15, 0.2) is 23.6 Å². The Balaban J connectivity index is 2.45. The number of thiazole rings is 1. The minimum Gasteiger partial charge on any atom is -0.507 e. The molecule has 6 heteroatoms. The van der Waals surface area contributed by atoms with Gasteiger partial charge in [-0.25, -0.2) is 4.98 Å². The second kappa shape index (κ2) is 3.82. The molecule has 5 N–H and O–H groups in total. The highest BCUT2D eigenvalue weighted by atomic mass is 32.1. The Morgan fingerprint density at radius 1 is 1.44 bits per heavy atom. The topological polar surface area (TPSA) is 102 Å². The fourth-order valence-corrected chi connectivity index (χ4v) is 1.89. The average molecular weight is 235 g/mol. The van der Waals surface area contributed by atoms with Crippen molar-refractivity contribution in [1.82, 2.24) is 4.98 Å². The van der Waals surface area contributed by atoms with Crippen molar-refractivity contribution in [3.63, 3.8) is 0 Å². The van der Waals surface area contributed by atoms with Gasteiger partial charge in [0.05, 0.1) is 11.3 Å². The zero-order chi connectivity index (χ0) is 11.7. The molecule has 0 unspecified atom stereocenters.